The molecule has 6 rings (SSSR count). The lowest BCUT2D eigenvalue weighted by atomic mass is 9.68. The van der Waals surface area contributed by atoms with Gasteiger partial charge in [0.25, 0.3) is 0 Å². The number of alkyl halides is 1. The van der Waals surface area contributed by atoms with E-state index in [9.17, 15) is 9.90 Å². The van der Waals surface area contributed by atoms with E-state index in [4.69, 9.17) is 4.74 Å². The minimum Gasteiger partial charge on any atom is -0.507 e. The number of rotatable bonds is 4. The van der Waals surface area contributed by atoms with Crippen molar-refractivity contribution in [1.29, 1.82) is 0 Å². The number of phenols is 1. The van der Waals surface area contributed by atoms with Crippen LogP contribution in [0.5, 0.6) is 11.6 Å². The van der Waals surface area contributed by atoms with Crippen molar-refractivity contribution >= 4 is 0 Å². The second-order valence-electron chi connectivity index (χ2n) is 9.08. The molecule has 2 saturated heterocycles. The van der Waals surface area contributed by atoms with E-state index in [0.717, 1.165) is 19.4 Å². The zero-order chi connectivity index (χ0) is 23.3. The quantitative estimate of drug-likeness (QED) is 0.642. The van der Waals surface area contributed by atoms with Crippen LogP contribution >= 0.6 is 0 Å². The van der Waals surface area contributed by atoms with Crippen LogP contribution in [0.25, 0.3) is 22.6 Å². The average Bonchev–Trinajstić information content (AvgIpc) is 2.80. The maximum atomic E-state index is 15.2. The highest BCUT2D eigenvalue weighted by Gasteiger charge is 2.55. The van der Waals surface area contributed by atoms with Gasteiger partial charge in [-0.2, -0.15) is 4.98 Å². The Kier molecular flexibility index (Phi) is 5.12. The van der Waals surface area contributed by atoms with E-state index in [-0.39, 0.29) is 23.4 Å². The van der Waals surface area contributed by atoms with Gasteiger partial charge in [0.2, 0.25) is 5.88 Å². The Morgan fingerprint density at radius 2 is 2.03 bits per heavy atom. The first kappa shape index (κ1) is 21.4. The normalized spacial score (nSPS) is 27.0. The number of aryl methyl sites for hydroxylation is 1. The molecule has 1 aromatic carbocycles. The Morgan fingerprint density at radius 3 is 2.70 bits per heavy atom. The number of ether oxygens (including phenoxy) is 1. The maximum Gasteiger partial charge on any atom is 0.350 e. The van der Waals surface area contributed by atoms with Crippen molar-refractivity contribution in [2.24, 2.45) is 13.0 Å². The molecule has 172 valence electrons. The van der Waals surface area contributed by atoms with Gasteiger partial charge in [-0.3, -0.25) is 9.47 Å². The molecule has 0 spiro atoms. The summed E-state index contributed by atoms with van der Waals surface area (Å²) in [5.74, 6) is 0.539. The smallest absolute Gasteiger partial charge is 0.350 e. The maximum absolute atomic E-state index is 15.2. The molecule has 3 aromatic rings. The summed E-state index contributed by atoms with van der Waals surface area (Å²) in [5.41, 5.74) is 0.433. The molecule has 2 aromatic heterocycles. The lowest BCUT2D eigenvalue weighted by molar-refractivity contribution is -0.136. The molecule has 3 fully saturated rings. The number of hydrogen-bond donors (Lipinski definition) is 1. The monoisotopic (exact) mass is 452 g/mol. The van der Waals surface area contributed by atoms with Crippen molar-refractivity contribution in [3.63, 3.8) is 0 Å². The number of nitrogens with zero attached hydrogens (tertiary/aromatic N) is 6. The molecular weight excluding hydrogens is 427 g/mol. The third-order valence-electron chi connectivity index (χ3n) is 7.03. The molecule has 0 amide bonds. The van der Waals surface area contributed by atoms with Gasteiger partial charge in [0.05, 0.1) is 11.2 Å². The first-order chi connectivity index (χ1) is 15.8. The summed E-state index contributed by atoms with van der Waals surface area (Å²) in [7, 11) is 3.52. The van der Waals surface area contributed by atoms with Gasteiger partial charge in [0.1, 0.15) is 18.2 Å². The lowest BCUT2D eigenvalue weighted by Crippen LogP contribution is -2.68. The van der Waals surface area contributed by atoms with Gasteiger partial charge in [-0.25, -0.2) is 14.2 Å². The molecule has 3 aliphatic rings. The first-order valence-electron chi connectivity index (χ1n) is 10.9. The van der Waals surface area contributed by atoms with Crippen LogP contribution in [-0.2, 0) is 7.05 Å². The van der Waals surface area contributed by atoms with Crippen molar-refractivity contribution in [2.45, 2.75) is 37.6 Å². The number of piperidine rings is 2. The Bertz CT molecular complexity index is 1250. The van der Waals surface area contributed by atoms with Crippen LogP contribution in [0.2, 0.25) is 0 Å². The van der Waals surface area contributed by atoms with Crippen LogP contribution in [0, 0.1) is 5.92 Å². The summed E-state index contributed by atoms with van der Waals surface area (Å²) in [5, 5.41) is 18.8. The molecule has 1 saturated carbocycles. The van der Waals surface area contributed by atoms with Crippen molar-refractivity contribution in [3.05, 3.63) is 47.1 Å². The number of phenolic OH excluding ortho intramolecular Hbond substituents is 1. The lowest BCUT2D eigenvalue weighted by Gasteiger charge is -2.56. The zero-order valence-electron chi connectivity index (χ0n) is 18.6. The third-order valence-corrected chi connectivity index (χ3v) is 7.03. The van der Waals surface area contributed by atoms with Crippen molar-refractivity contribution in [3.8, 4) is 34.3 Å². The van der Waals surface area contributed by atoms with Crippen LogP contribution in [0.1, 0.15) is 19.8 Å². The second-order valence-corrected chi connectivity index (χ2v) is 9.08. The number of aromatic hydroxyl groups is 1. The minimum absolute atomic E-state index is 0.0517. The number of aromatic nitrogens is 5. The van der Waals surface area contributed by atoms with E-state index >= 15 is 4.39 Å². The number of fused-ring (bicyclic) bond motifs is 3. The predicted octanol–water partition coefficient (Wildman–Crippen LogP) is 2.20. The third kappa shape index (κ3) is 3.64. The van der Waals surface area contributed by atoms with Gasteiger partial charge < -0.3 is 9.84 Å². The van der Waals surface area contributed by atoms with Gasteiger partial charge in [0.15, 0.2) is 12.0 Å². The minimum atomic E-state index is -1.11. The Hall–Kier alpha value is -3.40. The van der Waals surface area contributed by atoms with Crippen molar-refractivity contribution in [1.82, 2.24) is 29.6 Å². The van der Waals surface area contributed by atoms with Crippen molar-refractivity contribution in [2.75, 3.05) is 13.6 Å². The molecule has 4 atom stereocenters. The largest absolute Gasteiger partial charge is 0.507 e. The van der Waals surface area contributed by atoms with Crippen LogP contribution in [-0.4, -0.2) is 66.1 Å². The topological polar surface area (TPSA) is 106 Å². The molecule has 0 radical (unpaired) electrons. The highest BCUT2D eigenvalue weighted by molar-refractivity contribution is 5.71. The number of hydrogen-bond acceptors (Lipinski definition) is 8. The number of benzene rings is 1. The fraction of sp³-hybridized carbons (Fsp3) is 0.435. The summed E-state index contributed by atoms with van der Waals surface area (Å²) in [6, 6.07) is 8.14. The van der Waals surface area contributed by atoms with Crippen LogP contribution in [0.4, 0.5) is 4.39 Å². The Morgan fingerprint density at radius 1 is 1.21 bits per heavy atom. The summed E-state index contributed by atoms with van der Waals surface area (Å²) in [6.45, 7) is 2.74. The van der Waals surface area contributed by atoms with Gasteiger partial charge in [-0.05, 0) is 45.0 Å². The van der Waals surface area contributed by atoms with Gasteiger partial charge in [-0.15, -0.1) is 10.2 Å². The molecule has 4 heterocycles. The van der Waals surface area contributed by atoms with Crippen LogP contribution in [0.15, 0.2) is 41.5 Å². The first-order valence-corrected chi connectivity index (χ1v) is 10.9. The van der Waals surface area contributed by atoms with E-state index in [2.05, 4.69) is 25.1 Å². The summed E-state index contributed by atoms with van der Waals surface area (Å²) >= 11 is 0. The zero-order valence-corrected chi connectivity index (χ0v) is 18.6. The average molecular weight is 452 g/mol. The van der Waals surface area contributed by atoms with E-state index in [1.165, 1.54) is 17.0 Å². The summed E-state index contributed by atoms with van der Waals surface area (Å²) in [6.07, 6.45) is 1.46. The second kappa shape index (κ2) is 7.87. The highest BCUT2D eigenvalue weighted by Crippen LogP contribution is 2.45. The Balaban J connectivity index is 1.34. The van der Waals surface area contributed by atoms with Crippen molar-refractivity contribution < 1.29 is 14.2 Å². The molecular formula is C23H25FN6O3. The Labute approximate surface area is 189 Å². The van der Waals surface area contributed by atoms with Gasteiger partial charge in [0, 0.05) is 36.7 Å². The van der Waals surface area contributed by atoms with E-state index < -0.39 is 23.5 Å². The standard InChI is InChI=1S/C23H25FN6O3/c1-23-9-8-14(11-30(23)3)19(20(23)24)33-18-7-6-16(27-28-18)15-5-4-13(10-17(15)31)21-25-12-29(2)22(32)26-21/h4-7,10,12,14,19-20,31H,8-9,11H2,1-3H3/t14-,19?,20?,23-/m1/s1. The van der Waals surface area contributed by atoms with E-state index in [1.54, 1.807) is 31.3 Å². The molecule has 2 aliphatic heterocycles. The SMILES string of the molecule is CN1C[C@H]2CC[C@]1(C)C(F)C2Oc1ccc(-c2ccc(-c3ncn(C)c(=O)n3)cc2O)nn1. The molecule has 1 N–H and O–H groups in total. The highest BCUT2D eigenvalue weighted by atomic mass is 19.1. The molecule has 9 nitrogen and oxygen atoms in total. The molecule has 33 heavy (non-hydrogen) atoms. The predicted molar refractivity (Wildman–Crippen MR) is 118 cm³/mol. The fourth-order valence-electron chi connectivity index (χ4n) is 4.77. The summed E-state index contributed by atoms with van der Waals surface area (Å²) < 4.78 is 22.4. The number of halogens is 1. The molecule has 2 bridgehead atoms. The van der Waals surface area contributed by atoms with E-state index in [0.29, 0.717) is 16.8 Å². The van der Waals surface area contributed by atoms with E-state index in [1.807, 2.05) is 14.0 Å². The van der Waals surface area contributed by atoms with Crippen LogP contribution < -0.4 is 10.4 Å². The fourth-order valence-corrected chi connectivity index (χ4v) is 4.77. The molecule has 10 heteroatoms. The molecule has 1 aliphatic carbocycles. The van der Waals surface area contributed by atoms with Gasteiger partial charge >= 0.3 is 5.69 Å². The molecule has 2 unspecified atom stereocenters. The van der Waals surface area contributed by atoms with Crippen LogP contribution in [0.3, 0.4) is 0 Å². The van der Waals surface area contributed by atoms with Gasteiger partial charge in [-0.1, -0.05) is 6.07 Å². The summed E-state index contributed by atoms with van der Waals surface area (Å²) in [4.78, 5) is 21.8.